The van der Waals surface area contributed by atoms with Gasteiger partial charge in [-0.05, 0) is 25.9 Å². The van der Waals surface area contributed by atoms with Crippen LogP contribution in [0.5, 0.6) is 0 Å². The first-order valence-corrected chi connectivity index (χ1v) is 7.18. The molecule has 7 heteroatoms. The maximum absolute atomic E-state index is 12.0. The molecule has 16 heavy (non-hydrogen) atoms. The first-order valence-electron chi connectivity index (χ1n) is 5.74. The Bertz CT molecular complexity index is 308. The van der Waals surface area contributed by atoms with Crippen LogP contribution in [0.15, 0.2) is 0 Å². The predicted molar refractivity (Wildman–Crippen MR) is 60.3 cm³/mol. The zero-order valence-electron chi connectivity index (χ0n) is 9.31. The second-order valence-corrected chi connectivity index (χ2v) is 5.86. The number of hydrogen-bond acceptors (Lipinski definition) is 4. The minimum Gasteiger partial charge on any atom is -0.379 e. The van der Waals surface area contributed by atoms with Crippen LogP contribution in [-0.2, 0) is 14.9 Å². The molecule has 2 rings (SSSR count). The number of piperidine rings is 1. The summed E-state index contributed by atoms with van der Waals surface area (Å²) in [4.78, 5) is 0. The average Bonchev–Trinajstić information content (AvgIpc) is 2.31. The smallest absolute Gasteiger partial charge is 0.279 e. The van der Waals surface area contributed by atoms with Crippen LogP contribution in [0.3, 0.4) is 0 Å². The number of rotatable bonds is 3. The molecule has 2 fully saturated rings. The second-order valence-electron chi connectivity index (χ2n) is 4.16. The summed E-state index contributed by atoms with van der Waals surface area (Å²) < 4.78 is 33.4. The van der Waals surface area contributed by atoms with Gasteiger partial charge >= 0.3 is 0 Å². The van der Waals surface area contributed by atoms with E-state index in [-0.39, 0.29) is 6.04 Å². The Hall–Kier alpha value is -0.210. The second kappa shape index (κ2) is 5.42. The van der Waals surface area contributed by atoms with Crippen molar-refractivity contribution in [2.75, 3.05) is 39.4 Å². The van der Waals surface area contributed by atoms with E-state index in [9.17, 15) is 8.42 Å². The molecular formula is C9H19N3O3S. The molecule has 0 amide bonds. The van der Waals surface area contributed by atoms with Crippen molar-refractivity contribution in [1.82, 2.24) is 14.3 Å². The lowest BCUT2D eigenvalue weighted by Crippen LogP contribution is -2.51. The molecule has 0 saturated carbocycles. The number of nitrogens with one attached hydrogen (secondary N) is 2. The Kier molecular flexibility index (Phi) is 4.15. The maximum atomic E-state index is 12.0. The van der Waals surface area contributed by atoms with Crippen molar-refractivity contribution in [3.05, 3.63) is 0 Å². The van der Waals surface area contributed by atoms with Crippen molar-refractivity contribution in [3.8, 4) is 0 Å². The Morgan fingerprint density at radius 1 is 1.19 bits per heavy atom. The van der Waals surface area contributed by atoms with Gasteiger partial charge in [0.25, 0.3) is 10.2 Å². The highest BCUT2D eigenvalue weighted by atomic mass is 32.2. The number of hydrogen-bond donors (Lipinski definition) is 2. The standard InChI is InChI=1S/C9H19N3O3S/c13-16(14,12-5-7-15-8-6-12)11-9-1-3-10-4-2-9/h9-11H,1-8H2. The molecule has 0 aromatic rings. The number of morpholine rings is 1. The SMILES string of the molecule is O=S(=O)(NC1CCNCC1)N1CCOCC1. The van der Waals surface area contributed by atoms with Crippen LogP contribution in [-0.4, -0.2) is 58.2 Å². The highest BCUT2D eigenvalue weighted by Gasteiger charge is 2.27. The summed E-state index contributed by atoms with van der Waals surface area (Å²) in [5, 5.41) is 3.21. The van der Waals surface area contributed by atoms with E-state index >= 15 is 0 Å². The van der Waals surface area contributed by atoms with Crippen LogP contribution in [0.1, 0.15) is 12.8 Å². The molecule has 2 N–H and O–H groups in total. The quantitative estimate of drug-likeness (QED) is 0.666. The fraction of sp³-hybridized carbons (Fsp3) is 1.00. The lowest BCUT2D eigenvalue weighted by atomic mass is 10.1. The van der Waals surface area contributed by atoms with Gasteiger partial charge in [0, 0.05) is 19.1 Å². The Morgan fingerprint density at radius 3 is 2.44 bits per heavy atom. The van der Waals surface area contributed by atoms with Gasteiger partial charge in [0.05, 0.1) is 13.2 Å². The van der Waals surface area contributed by atoms with E-state index in [1.54, 1.807) is 0 Å². The normalized spacial score (nSPS) is 25.8. The highest BCUT2D eigenvalue weighted by molar-refractivity contribution is 7.87. The Labute approximate surface area is 96.5 Å². The van der Waals surface area contributed by atoms with E-state index in [4.69, 9.17) is 4.74 Å². The summed E-state index contributed by atoms with van der Waals surface area (Å²) in [5.41, 5.74) is 0. The summed E-state index contributed by atoms with van der Waals surface area (Å²) in [6.07, 6.45) is 1.73. The van der Waals surface area contributed by atoms with Gasteiger partial charge in [-0.15, -0.1) is 0 Å². The molecule has 0 aromatic heterocycles. The molecule has 6 nitrogen and oxygen atoms in total. The van der Waals surface area contributed by atoms with Gasteiger partial charge in [0.15, 0.2) is 0 Å². The van der Waals surface area contributed by atoms with Gasteiger partial charge in [0.2, 0.25) is 0 Å². The van der Waals surface area contributed by atoms with Crippen molar-refractivity contribution < 1.29 is 13.2 Å². The van der Waals surface area contributed by atoms with Gasteiger partial charge in [-0.25, -0.2) is 0 Å². The van der Waals surface area contributed by atoms with E-state index in [1.165, 1.54) is 4.31 Å². The number of nitrogens with zero attached hydrogens (tertiary/aromatic N) is 1. The molecule has 0 atom stereocenters. The highest BCUT2D eigenvalue weighted by Crippen LogP contribution is 2.08. The summed E-state index contributed by atoms with van der Waals surface area (Å²) >= 11 is 0. The summed E-state index contributed by atoms with van der Waals surface area (Å²) in [6, 6.07) is 0.0779. The molecule has 94 valence electrons. The maximum Gasteiger partial charge on any atom is 0.279 e. The van der Waals surface area contributed by atoms with Crippen molar-refractivity contribution in [2.24, 2.45) is 0 Å². The third-order valence-electron chi connectivity index (χ3n) is 2.96. The van der Waals surface area contributed by atoms with E-state index in [0.717, 1.165) is 25.9 Å². The van der Waals surface area contributed by atoms with Crippen molar-refractivity contribution >= 4 is 10.2 Å². The van der Waals surface area contributed by atoms with Gasteiger partial charge in [0.1, 0.15) is 0 Å². The van der Waals surface area contributed by atoms with Crippen LogP contribution in [0.4, 0.5) is 0 Å². The van der Waals surface area contributed by atoms with E-state index in [0.29, 0.717) is 26.3 Å². The van der Waals surface area contributed by atoms with Crippen molar-refractivity contribution in [3.63, 3.8) is 0 Å². The molecule has 2 saturated heterocycles. The Morgan fingerprint density at radius 2 is 1.81 bits per heavy atom. The fourth-order valence-corrected chi connectivity index (χ4v) is 3.45. The van der Waals surface area contributed by atoms with Crippen LogP contribution in [0.25, 0.3) is 0 Å². The topological polar surface area (TPSA) is 70.7 Å². The molecular weight excluding hydrogens is 230 g/mol. The fourth-order valence-electron chi connectivity index (χ4n) is 2.01. The minimum atomic E-state index is -3.31. The summed E-state index contributed by atoms with van der Waals surface area (Å²) in [6.45, 7) is 3.67. The van der Waals surface area contributed by atoms with Crippen molar-refractivity contribution in [2.45, 2.75) is 18.9 Å². The summed E-state index contributed by atoms with van der Waals surface area (Å²) in [7, 11) is -3.31. The third kappa shape index (κ3) is 3.14. The summed E-state index contributed by atoms with van der Waals surface area (Å²) in [5.74, 6) is 0. The molecule has 0 aromatic carbocycles. The first-order chi connectivity index (χ1) is 7.68. The third-order valence-corrected chi connectivity index (χ3v) is 4.64. The average molecular weight is 249 g/mol. The monoisotopic (exact) mass is 249 g/mol. The first kappa shape index (κ1) is 12.3. The van der Waals surface area contributed by atoms with Gasteiger partial charge in [-0.3, -0.25) is 0 Å². The largest absolute Gasteiger partial charge is 0.379 e. The minimum absolute atomic E-state index is 0.0779. The molecule has 0 radical (unpaired) electrons. The zero-order valence-corrected chi connectivity index (χ0v) is 10.1. The Balaban J connectivity index is 1.90. The van der Waals surface area contributed by atoms with Crippen LogP contribution < -0.4 is 10.0 Å². The van der Waals surface area contributed by atoms with Gasteiger partial charge in [-0.1, -0.05) is 0 Å². The van der Waals surface area contributed by atoms with E-state index in [1.807, 2.05) is 0 Å². The van der Waals surface area contributed by atoms with Crippen LogP contribution in [0, 0.1) is 0 Å². The van der Waals surface area contributed by atoms with E-state index < -0.39 is 10.2 Å². The van der Waals surface area contributed by atoms with Crippen LogP contribution in [0.2, 0.25) is 0 Å². The molecule has 0 bridgehead atoms. The van der Waals surface area contributed by atoms with Crippen molar-refractivity contribution in [1.29, 1.82) is 0 Å². The molecule has 0 spiro atoms. The van der Waals surface area contributed by atoms with Gasteiger partial charge in [-0.2, -0.15) is 17.4 Å². The molecule has 2 aliphatic heterocycles. The predicted octanol–water partition coefficient (Wildman–Crippen LogP) is -1.09. The van der Waals surface area contributed by atoms with Gasteiger partial charge < -0.3 is 10.1 Å². The zero-order chi connectivity index (χ0) is 11.4. The lowest BCUT2D eigenvalue weighted by molar-refractivity contribution is 0.0722. The number of ether oxygens (including phenoxy) is 1. The molecule has 2 aliphatic rings. The molecule has 2 heterocycles. The van der Waals surface area contributed by atoms with E-state index in [2.05, 4.69) is 10.0 Å². The molecule has 0 unspecified atom stereocenters. The van der Waals surface area contributed by atoms with Crippen LogP contribution >= 0.6 is 0 Å². The lowest BCUT2D eigenvalue weighted by Gasteiger charge is -2.30. The molecule has 0 aliphatic carbocycles.